The Kier molecular flexibility index (Phi) is 3.75. The van der Waals surface area contributed by atoms with Gasteiger partial charge in [0.25, 0.3) is 0 Å². The molecular weight excluding hydrogens is 408 g/mol. The molecule has 1 aromatic carbocycles. The zero-order chi connectivity index (χ0) is 18.4. The van der Waals surface area contributed by atoms with Gasteiger partial charge in [0, 0.05) is 6.20 Å². The molecule has 0 saturated heterocycles. The fraction of sp³-hybridized carbons (Fsp3) is 0.167. The second kappa shape index (κ2) is 6.27. The van der Waals surface area contributed by atoms with Crippen LogP contribution in [0.5, 0.6) is 0 Å². The summed E-state index contributed by atoms with van der Waals surface area (Å²) in [5.74, 6) is 0.704. The summed E-state index contributed by atoms with van der Waals surface area (Å²) in [5, 5.41) is 14.4. The van der Waals surface area contributed by atoms with E-state index in [1.54, 1.807) is 23.2 Å². The minimum absolute atomic E-state index is 0.0459. The van der Waals surface area contributed by atoms with Crippen molar-refractivity contribution < 1.29 is 0 Å². The highest BCUT2D eigenvalue weighted by Gasteiger charge is 2.20. The van der Waals surface area contributed by atoms with Crippen LogP contribution in [0.3, 0.4) is 0 Å². The number of rotatable bonds is 4. The largest absolute Gasteiger partial charge is 0.261 e. The smallest absolute Gasteiger partial charge is 0.176 e. The van der Waals surface area contributed by atoms with Crippen molar-refractivity contribution >= 4 is 32.6 Å². The number of nitrogens with zero attached hydrogens (tertiary/aromatic N) is 8. The van der Waals surface area contributed by atoms with Gasteiger partial charge in [0.05, 0.1) is 27.9 Å². The number of hydrogen-bond acceptors (Lipinski definition) is 5. The quantitative estimate of drug-likeness (QED) is 0.443. The van der Waals surface area contributed by atoms with E-state index in [2.05, 4.69) is 43.1 Å². The average molecular weight is 423 g/mol. The molecule has 5 aromatic rings. The highest BCUT2D eigenvalue weighted by atomic mass is 79.9. The zero-order valence-electron chi connectivity index (χ0n) is 14.4. The maximum Gasteiger partial charge on any atom is 0.176 e. The highest BCUT2D eigenvalue weighted by molar-refractivity contribution is 9.10. The van der Waals surface area contributed by atoms with Crippen molar-refractivity contribution in [3.63, 3.8) is 0 Å². The molecule has 8 nitrogen and oxygen atoms in total. The van der Waals surface area contributed by atoms with Crippen molar-refractivity contribution in [1.29, 1.82) is 0 Å². The number of hydrogen-bond donors (Lipinski definition) is 0. The van der Waals surface area contributed by atoms with E-state index in [1.165, 1.54) is 0 Å². The fourth-order valence-electron chi connectivity index (χ4n) is 3.21. The molecule has 0 spiro atoms. The molecule has 0 saturated carbocycles. The van der Waals surface area contributed by atoms with E-state index in [0.717, 1.165) is 33.3 Å². The topological polar surface area (TPSA) is 78.7 Å². The van der Waals surface area contributed by atoms with Gasteiger partial charge in [0.15, 0.2) is 17.1 Å². The summed E-state index contributed by atoms with van der Waals surface area (Å²) in [6.07, 6.45) is 7.99. The molecule has 0 unspecified atom stereocenters. The van der Waals surface area contributed by atoms with Crippen LogP contribution >= 0.6 is 15.9 Å². The standard InChI is InChI=1S/C18H15BrN8/c1-2-15(25-10-12(19)8-21-25)16-23-18-14-9-22-27(13-6-4-3-5-7-13)17(14)20-11-26(18)24-16/h3-11,15H,2H2,1H3/t15-/m1/s1. The van der Waals surface area contributed by atoms with E-state index >= 15 is 0 Å². The fourth-order valence-corrected chi connectivity index (χ4v) is 3.51. The van der Waals surface area contributed by atoms with Crippen molar-refractivity contribution in [2.24, 2.45) is 0 Å². The van der Waals surface area contributed by atoms with Gasteiger partial charge in [0.2, 0.25) is 0 Å². The van der Waals surface area contributed by atoms with Crippen molar-refractivity contribution in [2.45, 2.75) is 19.4 Å². The summed E-state index contributed by atoms with van der Waals surface area (Å²) in [6, 6.07) is 9.88. The van der Waals surface area contributed by atoms with Crippen LogP contribution in [0.1, 0.15) is 25.2 Å². The maximum atomic E-state index is 4.79. The molecular formula is C18H15BrN8. The molecule has 0 radical (unpaired) electrons. The van der Waals surface area contributed by atoms with E-state index in [4.69, 9.17) is 4.98 Å². The van der Waals surface area contributed by atoms with Gasteiger partial charge in [-0.2, -0.15) is 10.2 Å². The Balaban J connectivity index is 1.65. The number of halogens is 1. The van der Waals surface area contributed by atoms with E-state index < -0.39 is 0 Å². The summed E-state index contributed by atoms with van der Waals surface area (Å²) in [5.41, 5.74) is 2.45. The third-order valence-corrected chi connectivity index (χ3v) is 4.91. The maximum absolute atomic E-state index is 4.79. The second-order valence-electron chi connectivity index (χ2n) is 6.17. The normalized spacial score (nSPS) is 12.8. The monoisotopic (exact) mass is 422 g/mol. The Morgan fingerprint density at radius 2 is 1.93 bits per heavy atom. The molecule has 0 amide bonds. The molecule has 5 rings (SSSR count). The molecule has 0 N–H and O–H groups in total. The van der Waals surface area contributed by atoms with Crippen LogP contribution < -0.4 is 0 Å². The van der Waals surface area contributed by atoms with Gasteiger partial charge in [-0.1, -0.05) is 25.1 Å². The van der Waals surface area contributed by atoms with Crippen LogP contribution in [0.2, 0.25) is 0 Å². The Bertz CT molecular complexity index is 1240. The highest BCUT2D eigenvalue weighted by Crippen LogP contribution is 2.24. The first kappa shape index (κ1) is 16.1. The molecule has 4 heterocycles. The van der Waals surface area contributed by atoms with Crippen molar-refractivity contribution in [3.8, 4) is 5.69 Å². The van der Waals surface area contributed by atoms with Gasteiger partial charge >= 0.3 is 0 Å². The molecule has 0 aliphatic rings. The number of benzene rings is 1. The number of fused-ring (bicyclic) bond motifs is 3. The molecule has 134 valence electrons. The Morgan fingerprint density at radius 1 is 1.07 bits per heavy atom. The Hall–Kier alpha value is -3.07. The van der Waals surface area contributed by atoms with E-state index in [-0.39, 0.29) is 6.04 Å². The van der Waals surface area contributed by atoms with Gasteiger partial charge in [-0.05, 0) is 34.5 Å². The van der Waals surface area contributed by atoms with Crippen LogP contribution in [0.15, 0.2) is 59.7 Å². The molecule has 0 bridgehead atoms. The lowest BCUT2D eigenvalue weighted by molar-refractivity contribution is 0.484. The Morgan fingerprint density at radius 3 is 2.67 bits per heavy atom. The molecule has 1 atom stereocenters. The van der Waals surface area contributed by atoms with Crippen LogP contribution in [0, 0.1) is 0 Å². The van der Waals surface area contributed by atoms with Gasteiger partial charge in [-0.25, -0.2) is 19.2 Å². The van der Waals surface area contributed by atoms with Crippen molar-refractivity contribution in [2.75, 3.05) is 0 Å². The number of para-hydroxylation sites is 1. The number of aromatic nitrogens is 8. The molecule has 0 fully saturated rings. The zero-order valence-corrected chi connectivity index (χ0v) is 16.0. The van der Waals surface area contributed by atoms with Gasteiger partial charge in [-0.3, -0.25) is 4.68 Å². The minimum atomic E-state index is -0.0459. The van der Waals surface area contributed by atoms with Crippen molar-refractivity contribution in [1.82, 2.24) is 39.1 Å². The van der Waals surface area contributed by atoms with Crippen LogP contribution in [-0.2, 0) is 0 Å². The van der Waals surface area contributed by atoms with E-state index in [9.17, 15) is 0 Å². The second-order valence-corrected chi connectivity index (χ2v) is 7.09. The SMILES string of the molecule is CC[C@H](c1nc2c3cnn(-c4ccccc4)c3ncn2n1)n1cc(Br)cn1. The lowest BCUT2D eigenvalue weighted by Crippen LogP contribution is -2.12. The third-order valence-electron chi connectivity index (χ3n) is 4.50. The first-order valence-electron chi connectivity index (χ1n) is 8.58. The Labute approximate surface area is 162 Å². The first-order valence-corrected chi connectivity index (χ1v) is 9.38. The lowest BCUT2D eigenvalue weighted by Gasteiger charge is -2.10. The van der Waals surface area contributed by atoms with Gasteiger partial charge in [0.1, 0.15) is 12.4 Å². The molecule has 4 aromatic heterocycles. The predicted octanol–water partition coefficient (Wildman–Crippen LogP) is 3.42. The lowest BCUT2D eigenvalue weighted by atomic mass is 10.2. The van der Waals surface area contributed by atoms with Crippen molar-refractivity contribution in [3.05, 3.63) is 65.5 Å². The summed E-state index contributed by atoms with van der Waals surface area (Å²) in [7, 11) is 0. The van der Waals surface area contributed by atoms with E-state index in [1.807, 2.05) is 45.9 Å². The molecule has 9 heteroatoms. The van der Waals surface area contributed by atoms with Crippen LogP contribution in [0.4, 0.5) is 0 Å². The van der Waals surface area contributed by atoms with E-state index in [0.29, 0.717) is 5.82 Å². The van der Waals surface area contributed by atoms with Crippen LogP contribution in [0.25, 0.3) is 22.4 Å². The molecule has 0 aliphatic carbocycles. The summed E-state index contributed by atoms with van der Waals surface area (Å²) in [4.78, 5) is 9.34. The minimum Gasteiger partial charge on any atom is -0.261 e. The molecule has 27 heavy (non-hydrogen) atoms. The van der Waals surface area contributed by atoms with Crippen LogP contribution in [-0.4, -0.2) is 39.1 Å². The predicted molar refractivity (Wildman–Crippen MR) is 104 cm³/mol. The summed E-state index contributed by atoms with van der Waals surface area (Å²) >= 11 is 3.44. The first-order chi connectivity index (χ1) is 13.2. The summed E-state index contributed by atoms with van der Waals surface area (Å²) in [6.45, 7) is 2.09. The van der Waals surface area contributed by atoms with Gasteiger partial charge in [-0.15, -0.1) is 5.10 Å². The molecule has 0 aliphatic heterocycles. The van der Waals surface area contributed by atoms with Gasteiger partial charge < -0.3 is 0 Å². The average Bonchev–Trinajstić information content (AvgIpc) is 3.40. The summed E-state index contributed by atoms with van der Waals surface area (Å²) < 4.78 is 6.32. The third kappa shape index (κ3) is 2.62.